The van der Waals surface area contributed by atoms with Crippen LogP contribution in [0, 0.1) is 0 Å². The quantitative estimate of drug-likeness (QED) is 0.834. The SMILES string of the molecule is C[S@](=O)Cc1cccc(C(=O)NOCc2ccccc2)c1. The summed E-state index contributed by atoms with van der Waals surface area (Å²) in [6, 6.07) is 16.6. The largest absolute Gasteiger partial charge is 0.274 e. The highest BCUT2D eigenvalue weighted by Gasteiger charge is 2.07. The molecule has 0 aromatic heterocycles. The monoisotopic (exact) mass is 303 g/mol. The molecule has 0 heterocycles. The van der Waals surface area contributed by atoms with E-state index in [4.69, 9.17) is 4.84 Å². The molecule has 4 nitrogen and oxygen atoms in total. The molecule has 0 saturated heterocycles. The summed E-state index contributed by atoms with van der Waals surface area (Å²) >= 11 is 0. The number of rotatable bonds is 6. The summed E-state index contributed by atoms with van der Waals surface area (Å²) in [6.45, 7) is 0.311. The van der Waals surface area contributed by atoms with E-state index in [9.17, 15) is 9.00 Å². The second-order valence-corrected chi connectivity index (χ2v) is 6.06. The Balaban J connectivity index is 1.89. The topological polar surface area (TPSA) is 55.4 Å². The summed E-state index contributed by atoms with van der Waals surface area (Å²) in [5.74, 6) is 0.126. The number of hydroxylamine groups is 1. The fourth-order valence-corrected chi connectivity index (χ4v) is 2.50. The van der Waals surface area contributed by atoms with Crippen molar-refractivity contribution in [3.8, 4) is 0 Å². The van der Waals surface area contributed by atoms with Crippen LogP contribution < -0.4 is 5.48 Å². The van der Waals surface area contributed by atoms with E-state index in [1.54, 1.807) is 24.5 Å². The highest BCUT2D eigenvalue weighted by atomic mass is 32.2. The molecule has 2 rings (SSSR count). The summed E-state index contributed by atoms with van der Waals surface area (Å²) in [5.41, 5.74) is 4.75. The number of hydrogen-bond donors (Lipinski definition) is 1. The first-order valence-corrected chi connectivity index (χ1v) is 8.23. The van der Waals surface area contributed by atoms with Gasteiger partial charge in [0.05, 0.1) is 6.61 Å². The van der Waals surface area contributed by atoms with Gasteiger partial charge in [-0.3, -0.25) is 13.8 Å². The first-order chi connectivity index (χ1) is 10.1. The fourth-order valence-electron chi connectivity index (χ4n) is 1.86. The van der Waals surface area contributed by atoms with Gasteiger partial charge >= 0.3 is 0 Å². The summed E-state index contributed by atoms with van der Waals surface area (Å²) in [7, 11) is -0.931. The third kappa shape index (κ3) is 5.13. The normalized spacial score (nSPS) is 11.9. The highest BCUT2D eigenvalue weighted by molar-refractivity contribution is 7.83. The molecule has 0 spiro atoms. The minimum absolute atomic E-state index is 0.310. The fraction of sp³-hybridized carbons (Fsp3) is 0.188. The smallest absolute Gasteiger partial charge is 0.269 e. The number of carbonyl (C=O) groups excluding carboxylic acids is 1. The second-order valence-electron chi connectivity index (χ2n) is 4.62. The van der Waals surface area contributed by atoms with Crippen molar-refractivity contribution >= 4 is 16.7 Å². The van der Waals surface area contributed by atoms with Gasteiger partial charge in [0.25, 0.3) is 5.91 Å². The van der Waals surface area contributed by atoms with Crippen LogP contribution in [0.3, 0.4) is 0 Å². The average Bonchev–Trinajstić information content (AvgIpc) is 2.48. The molecule has 0 aliphatic carbocycles. The minimum Gasteiger partial charge on any atom is -0.269 e. The maximum Gasteiger partial charge on any atom is 0.274 e. The van der Waals surface area contributed by atoms with Crippen molar-refractivity contribution in [2.45, 2.75) is 12.4 Å². The molecule has 0 bridgehead atoms. The predicted molar refractivity (Wildman–Crippen MR) is 82.9 cm³/mol. The summed E-state index contributed by atoms with van der Waals surface area (Å²) in [4.78, 5) is 17.2. The second kappa shape index (κ2) is 7.71. The van der Waals surface area contributed by atoms with Crippen LogP contribution >= 0.6 is 0 Å². The van der Waals surface area contributed by atoms with Gasteiger partial charge in [0.1, 0.15) is 0 Å². The maximum absolute atomic E-state index is 12.0. The minimum atomic E-state index is -0.931. The third-order valence-corrected chi connectivity index (χ3v) is 3.55. The molecule has 0 unspecified atom stereocenters. The molecular formula is C16H17NO3S. The Hall–Kier alpha value is -1.98. The maximum atomic E-state index is 12.0. The van der Waals surface area contributed by atoms with Crippen molar-refractivity contribution in [2.24, 2.45) is 0 Å². The van der Waals surface area contributed by atoms with E-state index in [1.165, 1.54) is 0 Å². The Labute approximate surface area is 126 Å². The van der Waals surface area contributed by atoms with E-state index < -0.39 is 10.8 Å². The Kier molecular flexibility index (Phi) is 5.66. The lowest BCUT2D eigenvalue weighted by Gasteiger charge is -2.07. The molecule has 21 heavy (non-hydrogen) atoms. The van der Waals surface area contributed by atoms with Gasteiger partial charge in [-0.15, -0.1) is 0 Å². The van der Waals surface area contributed by atoms with Gasteiger partial charge in [0.2, 0.25) is 0 Å². The Morgan fingerprint density at radius 3 is 2.52 bits per heavy atom. The molecule has 0 saturated carbocycles. The third-order valence-electron chi connectivity index (χ3n) is 2.81. The number of carbonyl (C=O) groups is 1. The Bertz CT molecular complexity index is 628. The van der Waals surface area contributed by atoms with Crippen LogP contribution in [0.2, 0.25) is 0 Å². The molecule has 5 heteroatoms. The molecule has 0 aliphatic rings. The van der Waals surface area contributed by atoms with Gasteiger partial charge in [0.15, 0.2) is 0 Å². The summed E-state index contributed by atoms with van der Waals surface area (Å²) in [5, 5.41) is 0. The molecule has 2 aromatic rings. The van der Waals surface area contributed by atoms with Crippen molar-refractivity contribution in [2.75, 3.05) is 6.26 Å². The summed E-state index contributed by atoms with van der Waals surface area (Å²) in [6.07, 6.45) is 1.63. The van der Waals surface area contributed by atoms with E-state index >= 15 is 0 Å². The molecule has 1 amide bonds. The molecule has 0 aliphatic heterocycles. The van der Waals surface area contributed by atoms with Crippen LogP contribution in [0.4, 0.5) is 0 Å². The van der Waals surface area contributed by atoms with Crippen molar-refractivity contribution in [1.82, 2.24) is 5.48 Å². The van der Waals surface area contributed by atoms with Gasteiger partial charge in [0, 0.05) is 28.4 Å². The van der Waals surface area contributed by atoms with Gasteiger partial charge < -0.3 is 0 Å². The highest BCUT2D eigenvalue weighted by Crippen LogP contribution is 2.08. The van der Waals surface area contributed by atoms with Gasteiger partial charge in [-0.05, 0) is 23.3 Å². The molecule has 0 fully saturated rings. The zero-order chi connectivity index (χ0) is 15.1. The number of amides is 1. The van der Waals surface area contributed by atoms with Crippen molar-refractivity contribution < 1.29 is 13.8 Å². The van der Waals surface area contributed by atoms with E-state index in [0.717, 1.165) is 11.1 Å². The van der Waals surface area contributed by atoms with Crippen LogP contribution in [0.25, 0.3) is 0 Å². The molecule has 2 aromatic carbocycles. The van der Waals surface area contributed by atoms with E-state index in [1.807, 2.05) is 36.4 Å². The van der Waals surface area contributed by atoms with Crippen LogP contribution in [-0.4, -0.2) is 16.4 Å². The molecule has 1 atom stereocenters. The first-order valence-electron chi connectivity index (χ1n) is 6.50. The lowest BCUT2D eigenvalue weighted by atomic mass is 10.1. The zero-order valence-electron chi connectivity index (χ0n) is 11.7. The van der Waals surface area contributed by atoms with Crippen LogP contribution in [-0.2, 0) is 28.0 Å². The number of nitrogens with one attached hydrogen (secondary N) is 1. The molecule has 0 radical (unpaired) electrons. The lowest BCUT2D eigenvalue weighted by Crippen LogP contribution is -2.23. The van der Waals surface area contributed by atoms with Crippen LogP contribution in [0.15, 0.2) is 54.6 Å². The van der Waals surface area contributed by atoms with Gasteiger partial charge in [-0.2, -0.15) is 0 Å². The van der Waals surface area contributed by atoms with Gasteiger partial charge in [-0.1, -0.05) is 42.5 Å². The van der Waals surface area contributed by atoms with Crippen molar-refractivity contribution in [3.63, 3.8) is 0 Å². The Morgan fingerprint density at radius 2 is 1.81 bits per heavy atom. The van der Waals surface area contributed by atoms with Crippen LogP contribution in [0.1, 0.15) is 21.5 Å². The number of hydrogen-bond acceptors (Lipinski definition) is 3. The van der Waals surface area contributed by atoms with Crippen LogP contribution in [0.5, 0.6) is 0 Å². The predicted octanol–water partition coefficient (Wildman–Crippen LogP) is 2.43. The molecule has 1 N–H and O–H groups in total. The van der Waals surface area contributed by atoms with E-state index in [0.29, 0.717) is 17.9 Å². The Morgan fingerprint density at radius 1 is 1.10 bits per heavy atom. The van der Waals surface area contributed by atoms with E-state index in [-0.39, 0.29) is 5.91 Å². The molecule has 110 valence electrons. The summed E-state index contributed by atoms with van der Waals surface area (Å²) < 4.78 is 11.2. The number of benzene rings is 2. The van der Waals surface area contributed by atoms with E-state index in [2.05, 4.69) is 5.48 Å². The lowest BCUT2D eigenvalue weighted by molar-refractivity contribution is 0.0233. The first kappa shape index (κ1) is 15.4. The average molecular weight is 303 g/mol. The van der Waals surface area contributed by atoms with Gasteiger partial charge in [-0.25, -0.2) is 5.48 Å². The van der Waals surface area contributed by atoms with Crippen molar-refractivity contribution in [1.29, 1.82) is 0 Å². The van der Waals surface area contributed by atoms with Crippen molar-refractivity contribution in [3.05, 3.63) is 71.3 Å². The molecular weight excluding hydrogens is 286 g/mol. The standard InChI is InChI=1S/C16H17NO3S/c1-21(19)12-14-8-5-9-15(10-14)16(18)17-20-11-13-6-3-2-4-7-13/h2-10H,11-12H2,1H3,(H,17,18)/t21-/m0/s1. The zero-order valence-corrected chi connectivity index (χ0v) is 12.6.